The molecular formula is C20H26N2O4S. The van der Waals surface area contributed by atoms with Gasteiger partial charge in [-0.15, -0.1) is 0 Å². The van der Waals surface area contributed by atoms with Crippen molar-refractivity contribution in [2.24, 2.45) is 0 Å². The van der Waals surface area contributed by atoms with E-state index in [2.05, 4.69) is 26.1 Å². The van der Waals surface area contributed by atoms with Crippen LogP contribution in [0.25, 0.3) is 0 Å². The number of benzene rings is 2. The Morgan fingerprint density at radius 3 is 2.37 bits per heavy atom. The number of carbonyl (C=O) groups is 1. The summed E-state index contributed by atoms with van der Waals surface area (Å²) >= 11 is 0. The molecule has 0 aromatic heterocycles. The lowest BCUT2D eigenvalue weighted by Crippen LogP contribution is -2.23. The lowest BCUT2D eigenvalue weighted by atomic mass is 9.86. The van der Waals surface area contributed by atoms with Crippen molar-refractivity contribution < 1.29 is 17.9 Å². The molecule has 0 unspecified atom stereocenters. The number of ether oxygens (including phenoxy) is 1. The molecule has 0 spiro atoms. The van der Waals surface area contributed by atoms with Gasteiger partial charge >= 0.3 is 0 Å². The monoisotopic (exact) mass is 390 g/mol. The number of hydrogen-bond donors (Lipinski definition) is 1. The first kappa shape index (κ1) is 20.9. The van der Waals surface area contributed by atoms with Crippen LogP contribution in [0.4, 0.5) is 5.69 Å². The van der Waals surface area contributed by atoms with Gasteiger partial charge in [-0.2, -0.15) is 0 Å². The number of rotatable bonds is 6. The molecule has 0 aliphatic rings. The lowest BCUT2D eigenvalue weighted by molar-refractivity contribution is -0.118. The Kier molecular flexibility index (Phi) is 6.28. The minimum absolute atomic E-state index is 0.109. The molecule has 0 radical (unpaired) electrons. The molecule has 1 amide bonds. The van der Waals surface area contributed by atoms with Crippen LogP contribution in [0, 0.1) is 0 Å². The minimum Gasteiger partial charge on any atom is -0.483 e. The minimum atomic E-state index is -3.56. The van der Waals surface area contributed by atoms with E-state index in [9.17, 15) is 13.2 Å². The van der Waals surface area contributed by atoms with Crippen molar-refractivity contribution in [2.45, 2.75) is 31.1 Å². The van der Waals surface area contributed by atoms with Crippen molar-refractivity contribution in [3.8, 4) is 5.75 Å². The zero-order valence-electron chi connectivity index (χ0n) is 16.3. The van der Waals surface area contributed by atoms with Gasteiger partial charge in [-0.1, -0.05) is 45.0 Å². The molecule has 7 heteroatoms. The van der Waals surface area contributed by atoms with E-state index in [0.717, 1.165) is 9.87 Å². The number of amides is 1. The fourth-order valence-electron chi connectivity index (χ4n) is 2.50. The second-order valence-electron chi connectivity index (χ2n) is 7.40. The average Bonchev–Trinajstić information content (AvgIpc) is 2.59. The molecule has 1 N–H and O–H groups in total. The summed E-state index contributed by atoms with van der Waals surface area (Å²) in [6, 6.07) is 13.7. The topological polar surface area (TPSA) is 75.7 Å². The molecule has 2 aromatic carbocycles. The molecule has 6 nitrogen and oxygen atoms in total. The summed E-state index contributed by atoms with van der Waals surface area (Å²) in [5.41, 5.74) is 1.30. The van der Waals surface area contributed by atoms with E-state index >= 15 is 0 Å². The second-order valence-corrected chi connectivity index (χ2v) is 9.55. The maximum Gasteiger partial charge on any atom is 0.262 e. The third kappa shape index (κ3) is 5.30. The van der Waals surface area contributed by atoms with Gasteiger partial charge in [0.05, 0.1) is 4.90 Å². The summed E-state index contributed by atoms with van der Waals surface area (Å²) in [5.74, 6) is 0.294. The summed E-state index contributed by atoms with van der Waals surface area (Å²) in [6.45, 7) is 6.06. The van der Waals surface area contributed by atoms with Crippen molar-refractivity contribution >= 4 is 21.6 Å². The summed E-state index contributed by atoms with van der Waals surface area (Å²) in [6.07, 6.45) is 0. The standard InChI is InChI=1S/C20H26N2O4S/c1-20(2,3)17-11-6-7-12-18(17)26-14-19(23)21-15-9-8-10-16(13-15)27(24,25)22(4)5/h6-13H,14H2,1-5H3,(H,21,23). The molecule has 0 aliphatic carbocycles. The molecule has 0 atom stereocenters. The van der Waals surface area contributed by atoms with Crippen LogP contribution in [0.3, 0.4) is 0 Å². The van der Waals surface area contributed by atoms with E-state index < -0.39 is 10.0 Å². The predicted octanol–water partition coefficient (Wildman–Crippen LogP) is 3.25. The van der Waals surface area contributed by atoms with Gasteiger partial charge in [0.2, 0.25) is 10.0 Å². The van der Waals surface area contributed by atoms with Crippen LogP contribution in [0.2, 0.25) is 0 Å². The number of para-hydroxylation sites is 1. The highest BCUT2D eigenvalue weighted by Crippen LogP contribution is 2.30. The number of nitrogens with one attached hydrogen (secondary N) is 1. The van der Waals surface area contributed by atoms with Gasteiger partial charge < -0.3 is 10.1 Å². The molecule has 0 saturated carbocycles. The fraction of sp³-hybridized carbons (Fsp3) is 0.350. The highest BCUT2D eigenvalue weighted by Gasteiger charge is 2.20. The van der Waals surface area contributed by atoms with Gasteiger partial charge in [-0.05, 0) is 35.2 Å². The Morgan fingerprint density at radius 2 is 1.74 bits per heavy atom. The molecule has 0 saturated heterocycles. The van der Waals surface area contributed by atoms with Gasteiger partial charge in [0, 0.05) is 19.8 Å². The van der Waals surface area contributed by atoms with E-state index in [-0.39, 0.29) is 22.8 Å². The highest BCUT2D eigenvalue weighted by atomic mass is 32.2. The SMILES string of the molecule is CN(C)S(=O)(=O)c1cccc(NC(=O)COc2ccccc2C(C)(C)C)c1. The molecule has 0 heterocycles. The molecule has 2 rings (SSSR count). The zero-order valence-corrected chi connectivity index (χ0v) is 17.1. The van der Waals surface area contributed by atoms with Crippen LogP contribution in [0.15, 0.2) is 53.4 Å². The molecule has 0 bridgehead atoms. The lowest BCUT2D eigenvalue weighted by Gasteiger charge is -2.22. The highest BCUT2D eigenvalue weighted by molar-refractivity contribution is 7.89. The van der Waals surface area contributed by atoms with Gasteiger partial charge in [0.25, 0.3) is 5.91 Å². The van der Waals surface area contributed by atoms with Crippen LogP contribution in [-0.4, -0.2) is 39.3 Å². The third-order valence-electron chi connectivity index (χ3n) is 3.95. The average molecular weight is 391 g/mol. The first-order valence-electron chi connectivity index (χ1n) is 8.56. The van der Waals surface area contributed by atoms with Crippen LogP contribution >= 0.6 is 0 Å². The molecule has 146 valence electrons. The number of carbonyl (C=O) groups excluding carboxylic acids is 1. The first-order chi connectivity index (χ1) is 12.5. The fourth-order valence-corrected chi connectivity index (χ4v) is 3.45. The molecule has 0 aliphatic heterocycles. The van der Waals surface area contributed by atoms with E-state index in [1.165, 1.54) is 26.2 Å². The van der Waals surface area contributed by atoms with Crippen molar-refractivity contribution in [3.63, 3.8) is 0 Å². The van der Waals surface area contributed by atoms with Crippen LogP contribution in [-0.2, 0) is 20.2 Å². The van der Waals surface area contributed by atoms with E-state index in [1.807, 2.05) is 24.3 Å². The predicted molar refractivity (Wildman–Crippen MR) is 107 cm³/mol. The Balaban J connectivity index is 2.08. The Bertz CT molecular complexity index is 916. The smallest absolute Gasteiger partial charge is 0.262 e. The van der Waals surface area contributed by atoms with Gasteiger partial charge in [0.1, 0.15) is 5.75 Å². The van der Waals surface area contributed by atoms with E-state index in [4.69, 9.17) is 4.74 Å². The maximum atomic E-state index is 12.2. The van der Waals surface area contributed by atoms with Crippen molar-refractivity contribution in [2.75, 3.05) is 26.0 Å². The van der Waals surface area contributed by atoms with Gasteiger partial charge in [-0.3, -0.25) is 4.79 Å². The second kappa shape index (κ2) is 8.10. The number of nitrogens with zero attached hydrogens (tertiary/aromatic N) is 1. The molecule has 27 heavy (non-hydrogen) atoms. The first-order valence-corrected chi connectivity index (χ1v) is 10.0. The summed E-state index contributed by atoms with van der Waals surface area (Å²) in [4.78, 5) is 12.4. The Hall–Kier alpha value is -2.38. The third-order valence-corrected chi connectivity index (χ3v) is 5.76. The van der Waals surface area contributed by atoms with Crippen molar-refractivity contribution in [1.29, 1.82) is 0 Å². The molecule has 2 aromatic rings. The van der Waals surface area contributed by atoms with E-state index in [1.54, 1.807) is 12.1 Å². The molecule has 0 fully saturated rings. The summed E-state index contributed by atoms with van der Waals surface area (Å²) in [7, 11) is -0.643. The number of sulfonamides is 1. The summed E-state index contributed by atoms with van der Waals surface area (Å²) < 4.78 is 31.2. The quantitative estimate of drug-likeness (QED) is 0.821. The van der Waals surface area contributed by atoms with Crippen LogP contribution in [0.1, 0.15) is 26.3 Å². The Labute approximate surface area is 161 Å². The number of anilines is 1. The van der Waals surface area contributed by atoms with Gasteiger partial charge in [-0.25, -0.2) is 12.7 Å². The maximum absolute atomic E-state index is 12.2. The number of hydrogen-bond acceptors (Lipinski definition) is 4. The Morgan fingerprint density at radius 1 is 1.07 bits per heavy atom. The molecular weight excluding hydrogens is 364 g/mol. The van der Waals surface area contributed by atoms with Crippen molar-refractivity contribution in [3.05, 3.63) is 54.1 Å². The zero-order chi connectivity index (χ0) is 20.2. The summed E-state index contributed by atoms with van der Waals surface area (Å²) in [5, 5.41) is 2.67. The van der Waals surface area contributed by atoms with Crippen molar-refractivity contribution in [1.82, 2.24) is 4.31 Å². The van der Waals surface area contributed by atoms with Crippen LogP contribution in [0.5, 0.6) is 5.75 Å². The normalized spacial score (nSPS) is 12.1. The largest absolute Gasteiger partial charge is 0.483 e. The van der Waals surface area contributed by atoms with E-state index in [0.29, 0.717) is 11.4 Å². The van der Waals surface area contributed by atoms with Gasteiger partial charge in [0.15, 0.2) is 6.61 Å². The van der Waals surface area contributed by atoms with Crippen LogP contribution < -0.4 is 10.1 Å².